The zero-order chi connectivity index (χ0) is 8.13. The van der Waals surface area contributed by atoms with E-state index in [1.807, 2.05) is 0 Å². The van der Waals surface area contributed by atoms with Gasteiger partial charge in [-0.1, -0.05) is 0 Å². The van der Waals surface area contributed by atoms with Gasteiger partial charge in [-0.25, -0.2) is 0 Å². The van der Waals surface area contributed by atoms with Gasteiger partial charge in [0.05, 0.1) is 6.10 Å². The van der Waals surface area contributed by atoms with Gasteiger partial charge in [0.2, 0.25) is 0 Å². The second-order valence-corrected chi connectivity index (χ2v) is 4.74. The minimum atomic E-state index is -0.0252. The molecule has 12 heavy (non-hydrogen) atoms. The maximum atomic E-state index is 9.42. The summed E-state index contributed by atoms with van der Waals surface area (Å²) in [5.41, 5.74) is 0. The molecule has 3 rings (SSSR count). The molecule has 1 heterocycles. The molecule has 2 heteroatoms. The van der Waals surface area contributed by atoms with Crippen LogP contribution in [0, 0.1) is 11.8 Å². The summed E-state index contributed by atoms with van der Waals surface area (Å²) in [6.07, 6.45) is 5.33. The molecular weight excluding hydrogens is 150 g/mol. The normalized spacial score (nSPS) is 52.8. The van der Waals surface area contributed by atoms with E-state index < -0.39 is 0 Å². The summed E-state index contributed by atoms with van der Waals surface area (Å²) in [7, 11) is 0. The molecular formula is C10H17NO. The van der Waals surface area contributed by atoms with E-state index in [1.165, 1.54) is 19.3 Å². The number of hydrogen-bond donors (Lipinski definition) is 1. The van der Waals surface area contributed by atoms with E-state index in [9.17, 15) is 5.11 Å². The quantitative estimate of drug-likeness (QED) is 0.626. The van der Waals surface area contributed by atoms with E-state index in [-0.39, 0.29) is 6.10 Å². The Bertz CT molecular complexity index is 194. The van der Waals surface area contributed by atoms with Crippen molar-refractivity contribution >= 4 is 0 Å². The lowest BCUT2D eigenvalue weighted by atomic mass is 10.1. The molecule has 0 aromatic heterocycles. The zero-order valence-electron chi connectivity index (χ0n) is 7.45. The number of aliphatic hydroxyl groups is 1. The molecule has 4 atom stereocenters. The topological polar surface area (TPSA) is 23.5 Å². The van der Waals surface area contributed by atoms with Gasteiger partial charge < -0.3 is 5.11 Å². The van der Waals surface area contributed by atoms with Gasteiger partial charge in [0, 0.05) is 19.1 Å². The molecule has 0 aromatic carbocycles. The summed E-state index contributed by atoms with van der Waals surface area (Å²) in [6.45, 7) is 2.10. The van der Waals surface area contributed by atoms with Gasteiger partial charge in [-0.3, -0.25) is 4.90 Å². The SMILES string of the molecule is OC1CCN(C2CCC3CC32)C1. The second-order valence-electron chi connectivity index (χ2n) is 4.74. The van der Waals surface area contributed by atoms with Crippen molar-refractivity contribution in [2.75, 3.05) is 13.1 Å². The third-order valence-corrected chi connectivity index (χ3v) is 3.97. The number of hydrogen-bond acceptors (Lipinski definition) is 2. The van der Waals surface area contributed by atoms with Crippen molar-refractivity contribution in [2.24, 2.45) is 11.8 Å². The molecule has 0 aromatic rings. The van der Waals surface area contributed by atoms with E-state index >= 15 is 0 Å². The average molecular weight is 167 g/mol. The lowest BCUT2D eigenvalue weighted by Crippen LogP contribution is -2.34. The number of β-amino-alcohol motifs (C(OH)–C–C–N with tert-alkyl or cyclic N) is 1. The van der Waals surface area contributed by atoms with Crippen molar-refractivity contribution in [1.29, 1.82) is 0 Å². The molecule has 0 radical (unpaired) electrons. The maximum absolute atomic E-state index is 9.42. The predicted octanol–water partition coefficient (Wildman–Crippen LogP) is 0.852. The number of aliphatic hydroxyl groups excluding tert-OH is 1. The molecule has 0 amide bonds. The van der Waals surface area contributed by atoms with E-state index in [1.54, 1.807) is 0 Å². The van der Waals surface area contributed by atoms with Gasteiger partial charge in [-0.05, 0) is 37.5 Å². The van der Waals surface area contributed by atoms with Crippen molar-refractivity contribution in [1.82, 2.24) is 4.90 Å². The minimum absolute atomic E-state index is 0.0252. The predicted molar refractivity (Wildman–Crippen MR) is 46.8 cm³/mol. The maximum Gasteiger partial charge on any atom is 0.0679 e. The fourth-order valence-electron chi connectivity index (χ4n) is 3.20. The lowest BCUT2D eigenvalue weighted by Gasteiger charge is -2.24. The van der Waals surface area contributed by atoms with Crippen molar-refractivity contribution in [3.8, 4) is 0 Å². The summed E-state index contributed by atoms with van der Waals surface area (Å²) < 4.78 is 0. The number of likely N-dealkylation sites (tertiary alicyclic amines) is 1. The highest BCUT2D eigenvalue weighted by atomic mass is 16.3. The van der Waals surface area contributed by atoms with Gasteiger partial charge >= 0.3 is 0 Å². The Morgan fingerprint density at radius 1 is 1.17 bits per heavy atom. The first-order valence-corrected chi connectivity index (χ1v) is 5.27. The van der Waals surface area contributed by atoms with Gasteiger partial charge in [-0.15, -0.1) is 0 Å². The molecule has 3 aliphatic rings. The van der Waals surface area contributed by atoms with Gasteiger partial charge in [0.1, 0.15) is 0 Å². The summed E-state index contributed by atoms with van der Waals surface area (Å²) in [5.74, 6) is 2.10. The van der Waals surface area contributed by atoms with E-state index in [0.717, 1.165) is 37.4 Å². The van der Waals surface area contributed by atoms with Crippen molar-refractivity contribution in [3.05, 3.63) is 0 Å². The Hall–Kier alpha value is -0.0800. The molecule has 0 spiro atoms. The Morgan fingerprint density at radius 3 is 2.58 bits per heavy atom. The Morgan fingerprint density at radius 2 is 2.08 bits per heavy atom. The van der Waals surface area contributed by atoms with Crippen LogP contribution in [-0.2, 0) is 0 Å². The van der Waals surface area contributed by atoms with Crippen LogP contribution in [0.5, 0.6) is 0 Å². The van der Waals surface area contributed by atoms with Gasteiger partial charge in [0.25, 0.3) is 0 Å². The van der Waals surface area contributed by atoms with Crippen LogP contribution in [0.15, 0.2) is 0 Å². The highest BCUT2D eigenvalue weighted by Gasteiger charge is 2.50. The third-order valence-electron chi connectivity index (χ3n) is 3.97. The largest absolute Gasteiger partial charge is 0.392 e. The summed E-state index contributed by atoms with van der Waals surface area (Å²) in [4.78, 5) is 2.53. The summed E-state index contributed by atoms with van der Waals surface area (Å²) in [6, 6.07) is 0.854. The lowest BCUT2D eigenvalue weighted by molar-refractivity contribution is 0.153. The molecule has 1 aliphatic heterocycles. The highest BCUT2D eigenvalue weighted by molar-refractivity contribution is 5.03. The summed E-state index contributed by atoms with van der Waals surface area (Å²) in [5, 5.41) is 9.42. The number of fused-ring (bicyclic) bond motifs is 1. The molecule has 1 saturated heterocycles. The molecule has 2 saturated carbocycles. The molecule has 1 N–H and O–H groups in total. The first-order valence-electron chi connectivity index (χ1n) is 5.27. The fraction of sp³-hybridized carbons (Fsp3) is 1.00. The smallest absolute Gasteiger partial charge is 0.0679 e. The first kappa shape index (κ1) is 7.34. The molecule has 2 nitrogen and oxygen atoms in total. The Balaban J connectivity index is 1.65. The van der Waals surface area contributed by atoms with Crippen molar-refractivity contribution < 1.29 is 5.11 Å². The molecule has 4 unspecified atom stereocenters. The number of rotatable bonds is 1. The Kier molecular flexibility index (Phi) is 1.50. The summed E-state index contributed by atoms with van der Waals surface area (Å²) >= 11 is 0. The first-order chi connectivity index (χ1) is 5.84. The Labute approximate surface area is 73.6 Å². The van der Waals surface area contributed by atoms with Crippen LogP contribution < -0.4 is 0 Å². The monoisotopic (exact) mass is 167 g/mol. The standard InChI is InChI=1S/C10H17NO/c12-8-3-4-11(6-8)10-2-1-7-5-9(7)10/h7-10,12H,1-6H2. The highest BCUT2D eigenvalue weighted by Crippen LogP contribution is 2.53. The minimum Gasteiger partial charge on any atom is -0.392 e. The van der Waals surface area contributed by atoms with Crippen LogP contribution in [0.25, 0.3) is 0 Å². The molecule has 68 valence electrons. The van der Waals surface area contributed by atoms with Gasteiger partial charge in [0.15, 0.2) is 0 Å². The van der Waals surface area contributed by atoms with Crippen LogP contribution >= 0.6 is 0 Å². The van der Waals surface area contributed by atoms with Crippen LogP contribution in [0.4, 0.5) is 0 Å². The third kappa shape index (κ3) is 1.01. The fourth-order valence-corrected chi connectivity index (χ4v) is 3.20. The molecule has 3 fully saturated rings. The van der Waals surface area contributed by atoms with Crippen LogP contribution in [0.1, 0.15) is 25.7 Å². The van der Waals surface area contributed by atoms with E-state index in [0.29, 0.717) is 0 Å². The van der Waals surface area contributed by atoms with Crippen LogP contribution in [-0.4, -0.2) is 35.2 Å². The molecule has 2 aliphatic carbocycles. The zero-order valence-corrected chi connectivity index (χ0v) is 7.45. The van der Waals surface area contributed by atoms with Crippen LogP contribution in [0.3, 0.4) is 0 Å². The molecule has 0 bridgehead atoms. The second kappa shape index (κ2) is 2.46. The van der Waals surface area contributed by atoms with Crippen molar-refractivity contribution in [3.63, 3.8) is 0 Å². The van der Waals surface area contributed by atoms with Crippen LogP contribution in [0.2, 0.25) is 0 Å². The average Bonchev–Trinajstić information content (AvgIpc) is 2.53. The van der Waals surface area contributed by atoms with E-state index in [4.69, 9.17) is 0 Å². The van der Waals surface area contributed by atoms with Crippen molar-refractivity contribution in [2.45, 2.75) is 37.8 Å². The van der Waals surface area contributed by atoms with Gasteiger partial charge in [-0.2, -0.15) is 0 Å². The number of nitrogens with zero attached hydrogens (tertiary/aromatic N) is 1. The van der Waals surface area contributed by atoms with E-state index in [2.05, 4.69) is 4.90 Å².